The molecule has 9 heteroatoms. The molecular formula is C17H20N2O6S. The molecule has 0 atom stereocenters. The van der Waals surface area contributed by atoms with Gasteiger partial charge in [-0.1, -0.05) is 28.9 Å². The number of rotatable bonds is 7. The SMILES string of the molecule is Cc1ccc(C(=O)COC(=O)CNS(=O)(=O)c2c(C)noc2C)c(C)c1. The molecule has 0 fully saturated rings. The highest BCUT2D eigenvalue weighted by molar-refractivity contribution is 7.89. The Kier molecular flexibility index (Phi) is 5.94. The fraction of sp³-hybridized carbons (Fsp3) is 0.353. The summed E-state index contributed by atoms with van der Waals surface area (Å²) in [7, 11) is -3.97. The number of benzene rings is 1. The van der Waals surface area contributed by atoms with Crippen LogP contribution in [0.1, 0.15) is 32.9 Å². The van der Waals surface area contributed by atoms with Gasteiger partial charge in [0.2, 0.25) is 15.8 Å². The van der Waals surface area contributed by atoms with Crippen LogP contribution in [0.15, 0.2) is 27.6 Å². The molecule has 1 N–H and O–H groups in total. The van der Waals surface area contributed by atoms with Gasteiger partial charge in [0.15, 0.2) is 12.4 Å². The van der Waals surface area contributed by atoms with Gasteiger partial charge in [-0.15, -0.1) is 0 Å². The number of carbonyl (C=O) groups excluding carboxylic acids is 2. The summed E-state index contributed by atoms with van der Waals surface area (Å²) in [5.74, 6) is -1.10. The summed E-state index contributed by atoms with van der Waals surface area (Å²) in [5.41, 5.74) is 2.45. The molecule has 0 spiro atoms. The van der Waals surface area contributed by atoms with Crippen molar-refractivity contribution in [1.82, 2.24) is 9.88 Å². The Balaban J connectivity index is 1.92. The van der Waals surface area contributed by atoms with Gasteiger partial charge in [-0.05, 0) is 33.3 Å². The number of nitrogens with zero attached hydrogens (tertiary/aromatic N) is 1. The zero-order valence-electron chi connectivity index (χ0n) is 15.0. The number of sulfonamides is 1. The molecule has 1 aromatic carbocycles. The first-order valence-electron chi connectivity index (χ1n) is 7.80. The fourth-order valence-electron chi connectivity index (χ4n) is 2.49. The van der Waals surface area contributed by atoms with E-state index in [-0.39, 0.29) is 22.1 Å². The summed E-state index contributed by atoms with van der Waals surface area (Å²) in [4.78, 5) is 23.8. The third kappa shape index (κ3) is 4.55. The number of esters is 1. The number of ketones is 1. The van der Waals surface area contributed by atoms with Crippen molar-refractivity contribution in [2.45, 2.75) is 32.6 Å². The van der Waals surface area contributed by atoms with Crippen molar-refractivity contribution in [2.75, 3.05) is 13.2 Å². The summed E-state index contributed by atoms with van der Waals surface area (Å²) < 4.78 is 36.2. The van der Waals surface area contributed by atoms with Crippen molar-refractivity contribution in [2.24, 2.45) is 0 Å². The molecule has 0 aliphatic rings. The van der Waals surface area contributed by atoms with Crippen molar-refractivity contribution in [1.29, 1.82) is 0 Å². The van der Waals surface area contributed by atoms with Crippen LogP contribution in [0.25, 0.3) is 0 Å². The van der Waals surface area contributed by atoms with E-state index in [1.807, 2.05) is 13.0 Å². The summed E-state index contributed by atoms with van der Waals surface area (Å²) in [6.07, 6.45) is 0. The van der Waals surface area contributed by atoms with E-state index >= 15 is 0 Å². The van der Waals surface area contributed by atoms with E-state index in [0.717, 1.165) is 11.1 Å². The van der Waals surface area contributed by atoms with Gasteiger partial charge in [0.25, 0.3) is 0 Å². The van der Waals surface area contributed by atoms with Crippen LogP contribution in [-0.4, -0.2) is 38.5 Å². The smallest absolute Gasteiger partial charge is 0.321 e. The first kappa shape index (κ1) is 19.8. The molecule has 0 bridgehead atoms. The monoisotopic (exact) mass is 380 g/mol. The Hall–Kier alpha value is -2.52. The standard InChI is InChI=1S/C17H20N2O6S/c1-10-5-6-14(11(2)7-10)15(20)9-24-16(21)8-18-26(22,23)17-12(3)19-25-13(17)4/h5-7,18H,8-9H2,1-4H3. The van der Waals surface area contributed by atoms with E-state index in [1.54, 1.807) is 19.1 Å². The zero-order valence-corrected chi connectivity index (χ0v) is 15.8. The van der Waals surface area contributed by atoms with Crippen LogP contribution >= 0.6 is 0 Å². The maximum atomic E-state index is 12.2. The first-order chi connectivity index (χ1) is 12.1. The van der Waals surface area contributed by atoms with Crippen LogP contribution in [0, 0.1) is 27.7 Å². The quantitative estimate of drug-likeness (QED) is 0.573. The van der Waals surface area contributed by atoms with E-state index in [4.69, 9.17) is 9.26 Å². The molecule has 2 aromatic rings. The molecule has 0 amide bonds. The number of aryl methyl sites for hydroxylation is 4. The Morgan fingerprint density at radius 2 is 1.88 bits per heavy atom. The number of hydrogen-bond acceptors (Lipinski definition) is 7. The number of nitrogens with one attached hydrogen (secondary N) is 1. The lowest BCUT2D eigenvalue weighted by molar-refractivity contribution is -0.141. The molecular weight excluding hydrogens is 360 g/mol. The van der Waals surface area contributed by atoms with Gasteiger partial charge in [-0.25, -0.2) is 8.42 Å². The van der Waals surface area contributed by atoms with Crippen molar-refractivity contribution < 1.29 is 27.3 Å². The lowest BCUT2D eigenvalue weighted by atomic mass is 10.0. The van der Waals surface area contributed by atoms with Gasteiger partial charge in [-0.3, -0.25) is 9.59 Å². The second kappa shape index (κ2) is 7.79. The van der Waals surface area contributed by atoms with E-state index in [1.165, 1.54) is 13.8 Å². The lowest BCUT2D eigenvalue weighted by Crippen LogP contribution is -2.32. The average Bonchev–Trinajstić information content (AvgIpc) is 2.90. The molecule has 0 aliphatic heterocycles. The highest BCUT2D eigenvalue weighted by Crippen LogP contribution is 2.18. The Morgan fingerprint density at radius 3 is 2.46 bits per heavy atom. The Bertz CT molecular complexity index is 927. The lowest BCUT2D eigenvalue weighted by Gasteiger charge is -2.08. The van der Waals surface area contributed by atoms with E-state index in [0.29, 0.717) is 5.56 Å². The van der Waals surface area contributed by atoms with E-state index < -0.39 is 29.1 Å². The predicted molar refractivity (Wildman–Crippen MR) is 92.4 cm³/mol. The third-order valence-corrected chi connectivity index (χ3v) is 5.33. The Morgan fingerprint density at radius 1 is 1.19 bits per heavy atom. The van der Waals surface area contributed by atoms with E-state index in [2.05, 4.69) is 9.88 Å². The van der Waals surface area contributed by atoms with Crippen molar-refractivity contribution >= 4 is 21.8 Å². The summed E-state index contributed by atoms with van der Waals surface area (Å²) in [6, 6.07) is 5.31. The molecule has 2 rings (SSSR count). The van der Waals surface area contributed by atoms with Crippen LogP contribution in [0.3, 0.4) is 0 Å². The molecule has 0 aliphatic carbocycles. The van der Waals surface area contributed by atoms with Crippen LogP contribution in [-0.2, 0) is 19.6 Å². The molecule has 1 heterocycles. The van der Waals surface area contributed by atoms with Gasteiger partial charge >= 0.3 is 5.97 Å². The number of Topliss-reactive ketones (excluding diaryl/α,β-unsaturated/α-hetero) is 1. The summed E-state index contributed by atoms with van der Waals surface area (Å²) in [5, 5.41) is 3.56. The van der Waals surface area contributed by atoms with Crippen LogP contribution in [0.4, 0.5) is 0 Å². The largest absolute Gasteiger partial charge is 0.456 e. The number of aromatic nitrogens is 1. The minimum atomic E-state index is -3.97. The average molecular weight is 380 g/mol. The maximum Gasteiger partial charge on any atom is 0.321 e. The van der Waals surface area contributed by atoms with Gasteiger partial charge in [0.05, 0.1) is 0 Å². The second-order valence-corrected chi connectivity index (χ2v) is 7.58. The minimum Gasteiger partial charge on any atom is -0.456 e. The molecule has 1 aromatic heterocycles. The normalized spacial score (nSPS) is 11.4. The predicted octanol–water partition coefficient (Wildman–Crippen LogP) is 1.61. The molecule has 0 unspecified atom stereocenters. The first-order valence-corrected chi connectivity index (χ1v) is 9.28. The molecule has 0 saturated carbocycles. The second-order valence-electron chi connectivity index (χ2n) is 5.88. The van der Waals surface area contributed by atoms with Gasteiger partial charge < -0.3 is 9.26 Å². The van der Waals surface area contributed by atoms with Crippen LogP contribution in [0.2, 0.25) is 0 Å². The molecule has 8 nitrogen and oxygen atoms in total. The van der Waals surface area contributed by atoms with Crippen molar-refractivity contribution in [3.05, 3.63) is 46.3 Å². The van der Waals surface area contributed by atoms with Crippen LogP contribution in [0.5, 0.6) is 0 Å². The van der Waals surface area contributed by atoms with Crippen molar-refractivity contribution in [3.63, 3.8) is 0 Å². The highest BCUT2D eigenvalue weighted by atomic mass is 32.2. The van der Waals surface area contributed by atoms with Crippen molar-refractivity contribution in [3.8, 4) is 0 Å². The highest BCUT2D eigenvalue weighted by Gasteiger charge is 2.25. The van der Waals surface area contributed by atoms with Gasteiger partial charge in [0, 0.05) is 5.56 Å². The third-order valence-electron chi connectivity index (χ3n) is 3.69. The number of carbonyl (C=O) groups is 2. The number of hydrogen-bond donors (Lipinski definition) is 1. The summed E-state index contributed by atoms with van der Waals surface area (Å²) in [6.45, 7) is 5.57. The molecule has 0 radical (unpaired) electrons. The van der Waals surface area contributed by atoms with Gasteiger partial charge in [-0.2, -0.15) is 4.72 Å². The summed E-state index contributed by atoms with van der Waals surface area (Å²) >= 11 is 0. The zero-order chi connectivity index (χ0) is 19.5. The van der Waals surface area contributed by atoms with Crippen LogP contribution < -0.4 is 4.72 Å². The fourth-order valence-corrected chi connectivity index (χ4v) is 3.78. The molecule has 0 saturated heterocycles. The van der Waals surface area contributed by atoms with E-state index in [9.17, 15) is 18.0 Å². The minimum absolute atomic E-state index is 0.114. The maximum absolute atomic E-state index is 12.2. The number of ether oxygens (including phenoxy) is 1. The molecule has 26 heavy (non-hydrogen) atoms. The Labute approximate surface area is 151 Å². The topological polar surface area (TPSA) is 116 Å². The van der Waals surface area contributed by atoms with Gasteiger partial charge in [0.1, 0.15) is 17.1 Å². The molecule has 140 valence electrons.